The Bertz CT molecular complexity index is 1380. The van der Waals surface area contributed by atoms with Gasteiger partial charge in [-0.15, -0.1) is 0 Å². The van der Waals surface area contributed by atoms with Crippen molar-refractivity contribution < 1.29 is 0 Å². The summed E-state index contributed by atoms with van der Waals surface area (Å²) in [6.07, 6.45) is 0. The first-order valence-corrected chi connectivity index (χ1v) is 11.5. The summed E-state index contributed by atoms with van der Waals surface area (Å²) in [5.41, 5.74) is 2.78. The van der Waals surface area contributed by atoms with Crippen LogP contribution in [0.15, 0.2) is 57.5 Å². The molecule has 0 aliphatic heterocycles. The lowest BCUT2D eigenvalue weighted by atomic mass is 9.86. The van der Waals surface area contributed by atoms with Gasteiger partial charge in [-0.1, -0.05) is 80.0 Å². The average molecular weight is 494 g/mol. The third kappa shape index (κ3) is 2.47. The van der Waals surface area contributed by atoms with Gasteiger partial charge in [0.25, 0.3) is 0 Å². The van der Waals surface area contributed by atoms with Crippen molar-refractivity contribution in [2.24, 2.45) is 0 Å². The fraction of sp³-hybridized carbons (Fsp3) is 0.231. The van der Waals surface area contributed by atoms with Crippen molar-refractivity contribution in [1.82, 2.24) is 0 Å². The number of fused-ring (bicyclic) bond motifs is 2. The summed E-state index contributed by atoms with van der Waals surface area (Å²) in [5, 5.41) is 10.7. The van der Waals surface area contributed by atoms with Crippen molar-refractivity contribution in [2.75, 3.05) is 0 Å². The highest BCUT2D eigenvalue weighted by Gasteiger charge is 2.19. The van der Waals surface area contributed by atoms with Crippen LogP contribution in [0.3, 0.4) is 0 Å². The Kier molecular flexibility index (Phi) is 4.23. The van der Waals surface area contributed by atoms with Crippen LogP contribution in [0.1, 0.15) is 50.7 Å². The third-order valence-electron chi connectivity index (χ3n) is 6.11. The second-order valence-electron chi connectivity index (χ2n) is 8.45. The molecule has 140 valence electrons. The van der Waals surface area contributed by atoms with Crippen molar-refractivity contribution in [3.8, 4) is 0 Å². The lowest BCUT2D eigenvalue weighted by Gasteiger charge is -2.20. The summed E-state index contributed by atoms with van der Waals surface area (Å²) in [6.45, 7) is 9.06. The smallest absolute Gasteiger partial charge is 0.0332 e. The molecule has 0 saturated carbocycles. The topological polar surface area (TPSA) is 0 Å². The van der Waals surface area contributed by atoms with E-state index in [4.69, 9.17) is 0 Å². The van der Waals surface area contributed by atoms with E-state index in [0.717, 1.165) is 0 Å². The number of benzene rings is 5. The van der Waals surface area contributed by atoms with E-state index in [0.29, 0.717) is 11.8 Å². The predicted molar refractivity (Wildman–Crippen MR) is 131 cm³/mol. The highest BCUT2D eigenvalue weighted by molar-refractivity contribution is 9.11. The number of hydrogen-bond acceptors (Lipinski definition) is 0. The second-order valence-corrected chi connectivity index (χ2v) is 10.1. The van der Waals surface area contributed by atoms with Crippen molar-refractivity contribution >= 4 is 74.9 Å². The first-order valence-electron chi connectivity index (χ1n) is 9.90. The standard InChI is InChI=1S/C26H22Br2/c1-13(2)15-5-6-16-17-7-9-19-23(27)12-21(14(3)4)18-8-10-20(25(17)24(18)19)26(28)22(16)11-15/h5-14H,1-4H3. The molecule has 5 rings (SSSR count). The maximum Gasteiger partial charge on any atom is 0.0332 e. The van der Waals surface area contributed by atoms with Gasteiger partial charge in [0, 0.05) is 8.95 Å². The monoisotopic (exact) mass is 492 g/mol. The molecule has 0 radical (unpaired) electrons. The molecule has 0 heterocycles. The van der Waals surface area contributed by atoms with Gasteiger partial charge in [-0.25, -0.2) is 0 Å². The predicted octanol–water partition coefficient (Wildman–Crippen LogP) is 9.51. The Morgan fingerprint density at radius 1 is 0.571 bits per heavy atom. The lowest BCUT2D eigenvalue weighted by molar-refractivity contribution is 0.869. The minimum absolute atomic E-state index is 0.481. The van der Waals surface area contributed by atoms with Gasteiger partial charge >= 0.3 is 0 Å². The van der Waals surface area contributed by atoms with E-state index in [-0.39, 0.29) is 0 Å². The Labute approximate surface area is 182 Å². The van der Waals surface area contributed by atoms with Gasteiger partial charge in [-0.3, -0.25) is 0 Å². The summed E-state index contributed by atoms with van der Waals surface area (Å²) < 4.78 is 2.39. The highest BCUT2D eigenvalue weighted by Crippen LogP contribution is 2.46. The van der Waals surface area contributed by atoms with E-state index in [1.807, 2.05) is 0 Å². The lowest BCUT2D eigenvalue weighted by Crippen LogP contribution is -1.95. The molecule has 2 heteroatoms. The Morgan fingerprint density at radius 3 is 1.89 bits per heavy atom. The van der Waals surface area contributed by atoms with E-state index < -0.39 is 0 Å². The van der Waals surface area contributed by atoms with Crippen LogP contribution < -0.4 is 0 Å². The molecule has 0 spiro atoms. The van der Waals surface area contributed by atoms with Crippen LogP contribution in [-0.2, 0) is 0 Å². The molecule has 0 unspecified atom stereocenters. The van der Waals surface area contributed by atoms with E-state index in [1.54, 1.807) is 0 Å². The molecule has 0 N–H and O–H groups in total. The molecule has 0 aliphatic rings. The zero-order chi connectivity index (χ0) is 19.7. The van der Waals surface area contributed by atoms with E-state index in [1.165, 1.54) is 63.2 Å². The molecule has 0 saturated heterocycles. The van der Waals surface area contributed by atoms with Crippen LogP contribution in [-0.4, -0.2) is 0 Å². The zero-order valence-corrected chi connectivity index (χ0v) is 19.7. The minimum atomic E-state index is 0.481. The van der Waals surface area contributed by atoms with Crippen LogP contribution >= 0.6 is 31.9 Å². The average Bonchev–Trinajstić information content (AvgIpc) is 2.68. The Balaban J connectivity index is 2.06. The summed E-state index contributed by atoms with van der Waals surface area (Å²) in [5.74, 6) is 1.00. The van der Waals surface area contributed by atoms with Crippen LogP contribution in [0.5, 0.6) is 0 Å². The van der Waals surface area contributed by atoms with Crippen LogP contribution in [0.4, 0.5) is 0 Å². The molecule has 0 nitrogen and oxygen atoms in total. The van der Waals surface area contributed by atoms with Crippen molar-refractivity contribution in [1.29, 1.82) is 0 Å². The molecule has 0 aromatic heterocycles. The van der Waals surface area contributed by atoms with Gasteiger partial charge in [0.05, 0.1) is 0 Å². The van der Waals surface area contributed by atoms with Crippen LogP contribution in [0.25, 0.3) is 43.1 Å². The Morgan fingerprint density at radius 2 is 1.18 bits per heavy atom. The molecule has 5 aromatic carbocycles. The van der Waals surface area contributed by atoms with Crippen LogP contribution in [0.2, 0.25) is 0 Å². The van der Waals surface area contributed by atoms with Crippen LogP contribution in [0, 0.1) is 0 Å². The van der Waals surface area contributed by atoms with Crippen molar-refractivity contribution in [3.63, 3.8) is 0 Å². The van der Waals surface area contributed by atoms with Crippen molar-refractivity contribution in [3.05, 3.63) is 68.6 Å². The fourth-order valence-electron chi connectivity index (χ4n) is 4.59. The normalized spacial score (nSPS) is 12.6. The molecule has 0 aliphatic carbocycles. The van der Waals surface area contributed by atoms with E-state index >= 15 is 0 Å². The molecule has 0 bridgehead atoms. The summed E-state index contributed by atoms with van der Waals surface area (Å²) >= 11 is 7.81. The molecule has 0 atom stereocenters. The van der Waals surface area contributed by atoms with E-state index in [9.17, 15) is 0 Å². The first-order chi connectivity index (χ1) is 13.4. The van der Waals surface area contributed by atoms with Gasteiger partial charge < -0.3 is 0 Å². The zero-order valence-electron chi connectivity index (χ0n) is 16.5. The maximum absolute atomic E-state index is 3.96. The maximum atomic E-state index is 3.96. The highest BCUT2D eigenvalue weighted by atomic mass is 79.9. The number of halogens is 2. The minimum Gasteiger partial charge on any atom is -0.0587 e. The third-order valence-corrected chi connectivity index (χ3v) is 7.62. The molecule has 0 amide bonds. The van der Waals surface area contributed by atoms with E-state index in [2.05, 4.69) is 108 Å². The molecule has 0 fully saturated rings. The number of hydrogen-bond donors (Lipinski definition) is 0. The quantitative estimate of drug-likeness (QED) is 0.169. The first kappa shape index (κ1) is 18.4. The fourth-order valence-corrected chi connectivity index (χ4v) is 5.83. The summed E-state index contributed by atoms with van der Waals surface area (Å²) in [7, 11) is 0. The van der Waals surface area contributed by atoms with Gasteiger partial charge in [0.2, 0.25) is 0 Å². The summed E-state index contributed by atoms with van der Waals surface area (Å²) in [6, 6.07) is 18.4. The summed E-state index contributed by atoms with van der Waals surface area (Å²) in [4.78, 5) is 0. The molecular weight excluding hydrogens is 472 g/mol. The number of rotatable bonds is 2. The van der Waals surface area contributed by atoms with Gasteiger partial charge in [0.15, 0.2) is 0 Å². The molecular formula is C26H22Br2. The van der Waals surface area contributed by atoms with Gasteiger partial charge in [-0.05, 0) is 94.1 Å². The Hall–Kier alpha value is -1.64. The molecule has 28 heavy (non-hydrogen) atoms. The van der Waals surface area contributed by atoms with Crippen molar-refractivity contribution in [2.45, 2.75) is 39.5 Å². The van der Waals surface area contributed by atoms with Gasteiger partial charge in [0.1, 0.15) is 0 Å². The SMILES string of the molecule is CC(C)c1ccc2c(c1)c(Br)c1ccc3c(C(C)C)cc(Br)c4ccc2c1c43. The largest absolute Gasteiger partial charge is 0.0587 e. The second kappa shape index (κ2) is 6.43. The van der Waals surface area contributed by atoms with Gasteiger partial charge in [-0.2, -0.15) is 0 Å². The molecule has 5 aromatic rings.